The lowest BCUT2D eigenvalue weighted by Gasteiger charge is -2.22. The summed E-state index contributed by atoms with van der Waals surface area (Å²) in [5.41, 5.74) is 0.00454. The van der Waals surface area contributed by atoms with Crippen molar-refractivity contribution in [2.75, 3.05) is 14.1 Å². The van der Waals surface area contributed by atoms with E-state index in [-0.39, 0.29) is 17.6 Å². The number of rotatable bonds is 6. The van der Waals surface area contributed by atoms with Crippen LogP contribution in [0.15, 0.2) is 11.6 Å². The van der Waals surface area contributed by atoms with Gasteiger partial charge in [-0.25, -0.2) is 4.85 Å². The third-order valence-electron chi connectivity index (χ3n) is 1.47. The van der Waals surface area contributed by atoms with Crippen molar-refractivity contribution in [3.63, 3.8) is 0 Å². The third kappa shape index (κ3) is 5.88. The van der Waals surface area contributed by atoms with Crippen molar-refractivity contribution < 1.29 is 13.6 Å². The molecular formula is C11H21N2O3P. The van der Waals surface area contributed by atoms with Crippen molar-refractivity contribution in [1.29, 1.82) is 0 Å². The molecule has 0 aliphatic rings. The van der Waals surface area contributed by atoms with Crippen LogP contribution >= 0.6 is 7.60 Å². The Morgan fingerprint density at radius 1 is 1.24 bits per heavy atom. The molecule has 0 radical (unpaired) electrons. The van der Waals surface area contributed by atoms with Gasteiger partial charge in [-0.2, -0.15) is 0 Å². The molecule has 0 aliphatic carbocycles. The van der Waals surface area contributed by atoms with E-state index < -0.39 is 7.60 Å². The monoisotopic (exact) mass is 260 g/mol. The normalized spacial score (nSPS) is 13.0. The second kappa shape index (κ2) is 6.80. The lowest BCUT2D eigenvalue weighted by atomic mass is 10.5. The Bertz CT molecular complexity index is 342. The Balaban J connectivity index is 5.30. The summed E-state index contributed by atoms with van der Waals surface area (Å²) < 4.78 is 23.2. The maximum atomic E-state index is 12.5. The van der Waals surface area contributed by atoms with Crippen LogP contribution in [0.25, 0.3) is 4.85 Å². The van der Waals surface area contributed by atoms with E-state index in [0.29, 0.717) is 0 Å². The molecule has 0 aliphatic heterocycles. The van der Waals surface area contributed by atoms with E-state index in [2.05, 4.69) is 4.85 Å². The van der Waals surface area contributed by atoms with Crippen LogP contribution in [0.5, 0.6) is 0 Å². The van der Waals surface area contributed by atoms with Gasteiger partial charge in [0.1, 0.15) is 0 Å². The first kappa shape index (κ1) is 16.2. The molecule has 0 unspecified atom stereocenters. The second-order valence-electron chi connectivity index (χ2n) is 4.37. The molecular weight excluding hydrogens is 239 g/mol. The Morgan fingerprint density at radius 2 is 1.65 bits per heavy atom. The molecule has 0 fully saturated rings. The molecule has 0 rings (SSSR count). The Morgan fingerprint density at radius 3 is 1.88 bits per heavy atom. The average Bonchev–Trinajstić information content (AvgIpc) is 2.10. The highest BCUT2D eigenvalue weighted by atomic mass is 31.2. The summed E-state index contributed by atoms with van der Waals surface area (Å²) in [5, 5.41) is 0. The largest absolute Gasteiger partial charge is 0.393 e. The summed E-state index contributed by atoms with van der Waals surface area (Å²) in [5.74, 6) is 0. The molecule has 0 saturated heterocycles. The zero-order chi connectivity index (χ0) is 13.6. The van der Waals surface area contributed by atoms with E-state index in [9.17, 15) is 4.57 Å². The predicted molar refractivity (Wildman–Crippen MR) is 68.4 cm³/mol. The third-order valence-corrected chi connectivity index (χ3v) is 3.64. The first-order valence-electron chi connectivity index (χ1n) is 5.44. The zero-order valence-electron chi connectivity index (χ0n) is 11.3. The van der Waals surface area contributed by atoms with Gasteiger partial charge < -0.3 is 13.9 Å². The van der Waals surface area contributed by atoms with Crippen LogP contribution in [0, 0.1) is 6.57 Å². The molecule has 0 aromatic carbocycles. The first-order valence-corrected chi connectivity index (χ1v) is 6.98. The van der Waals surface area contributed by atoms with E-state index in [4.69, 9.17) is 15.6 Å². The van der Waals surface area contributed by atoms with Crippen molar-refractivity contribution in [1.82, 2.24) is 4.90 Å². The molecule has 17 heavy (non-hydrogen) atoms. The minimum atomic E-state index is -3.53. The topological polar surface area (TPSA) is 43.1 Å². The average molecular weight is 260 g/mol. The highest BCUT2D eigenvalue weighted by molar-refractivity contribution is 7.58. The quantitative estimate of drug-likeness (QED) is 0.543. The fourth-order valence-electron chi connectivity index (χ4n) is 1.08. The second-order valence-corrected chi connectivity index (χ2v) is 6.24. The molecule has 0 spiro atoms. The Hall–Kier alpha value is -0.820. The van der Waals surface area contributed by atoms with Crippen LogP contribution < -0.4 is 0 Å². The Kier molecular flexibility index (Phi) is 6.48. The van der Waals surface area contributed by atoms with Gasteiger partial charge in [0.15, 0.2) is 0 Å². The predicted octanol–water partition coefficient (Wildman–Crippen LogP) is 3.31. The molecule has 0 aromatic heterocycles. The lowest BCUT2D eigenvalue weighted by molar-refractivity contribution is 0.147. The fraction of sp³-hybridized carbons (Fsp3) is 0.727. The van der Waals surface area contributed by atoms with Crippen molar-refractivity contribution in [2.24, 2.45) is 0 Å². The maximum Gasteiger partial charge on any atom is 0.365 e. The van der Waals surface area contributed by atoms with E-state index in [0.717, 1.165) is 0 Å². The minimum Gasteiger partial charge on any atom is -0.393 e. The number of nitrogens with zero attached hydrogens (tertiary/aromatic N) is 2. The molecule has 0 saturated carbocycles. The number of hydrogen-bond donors (Lipinski definition) is 0. The lowest BCUT2D eigenvalue weighted by Crippen LogP contribution is -2.10. The van der Waals surface area contributed by atoms with Crippen LogP contribution in [0.4, 0.5) is 0 Å². The summed E-state index contributed by atoms with van der Waals surface area (Å²) >= 11 is 0. The summed E-state index contributed by atoms with van der Waals surface area (Å²) in [6, 6.07) is 0. The minimum absolute atomic E-state index is 0.00454. The van der Waals surface area contributed by atoms with Crippen molar-refractivity contribution in [3.05, 3.63) is 23.1 Å². The van der Waals surface area contributed by atoms with Crippen molar-refractivity contribution >= 4 is 7.60 Å². The van der Waals surface area contributed by atoms with Gasteiger partial charge in [-0.15, -0.1) is 0 Å². The van der Waals surface area contributed by atoms with Crippen LogP contribution in [-0.2, 0) is 13.6 Å². The molecule has 0 bridgehead atoms. The van der Waals surface area contributed by atoms with Crippen molar-refractivity contribution in [3.8, 4) is 0 Å². The van der Waals surface area contributed by atoms with Gasteiger partial charge in [0.05, 0.1) is 18.8 Å². The van der Waals surface area contributed by atoms with Crippen LogP contribution in [-0.4, -0.2) is 31.2 Å². The molecule has 98 valence electrons. The standard InChI is InChI=1S/C11H21N2O3P/c1-9(2)15-17(14,16-10(3)4)11(12-5)8-13(6)7/h8-10H,1-4,6-7H3. The molecule has 0 heterocycles. The van der Waals surface area contributed by atoms with Crippen molar-refractivity contribution in [2.45, 2.75) is 39.9 Å². The molecule has 0 amide bonds. The van der Waals surface area contributed by atoms with Gasteiger partial charge in [0, 0.05) is 20.3 Å². The smallest absolute Gasteiger partial charge is 0.365 e. The molecule has 5 nitrogen and oxygen atoms in total. The zero-order valence-corrected chi connectivity index (χ0v) is 12.2. The molecule has 6 heteroatoms. The highest BCUT2D eigenvalue weighted by Crippen LogP contribution is 2.58. The van der Waals surface area contributed by atoms with E-state index in [1.807, 2.05) is 0 Å². The molecule has 0 N–H and O–H groups in total. The molecule has 0 atom stereocenters. The summed E-state index contributed by atoms with van der Waals surface area (Å²) in [7, 11) is -0.0298. The SMILES string of the molecule is [C-]#[N+]C(=CN(C)C)P(=O)(OC(C)C)OC(C)C. The maximum absolute atomic E-state index is 12.5. The first-order chi connectivity index (χ1) is 7.71. The highest BCUT2D eigenvalue weighted by Gasteiger charge is 2.34. The summed E-state index contributed by atoms with van der Waals surface area (Å²) in [6.45, 7) is 14.1. The number of hydrogen-bond acceptors (Lipinski definition) is 4. The van der Waals surface area contributed by atoms with Gasteiger partial charge >= 0.3 is 7.60 Å². The van der Waals surface area contributed by atoms with Crippen LogP contribution in [0.1, 0.15) is 27.7 Å². The summed E-state index contributed by atoms with van der Waals surface area (Å²) in [4.78, 5) is 4.91. The van der Waals surface area contributed by atoms with E-state index in [1.165, 1.54) is 6.20 Å². The van der Waals surface area contributed by atoms with Gasteiger partial charge in [-0.05, 0) is 27.7 Å². The van der Waals surface area contributed by atoms with Gasteiger partial charge in [-0.3, -0.25) is 4.57 Å². The Labute approximate surface area is 104 Å². The van der Waals surface area contributed by atoms with Gasteiger partial charge in [-0.1, -0.05) is 0 Å². The fourth-order valence-corrected chi connectivity index (χ4v) is 2.95. The van der Waals surface area contributed by atoms with Crippen LogP contribution in [0.2, 0.25) is 0 Å². The molecule has 0 aromatic rings. The summed E-state index contributed by atoms with van der Waals surface area (Å²) in [6.07, 6.45) is 0.928. The van der Waals surface area contributed by atoms with E-state index >= 15 is 0 Å². The van der Waals surface area contributed by atoms with E-state index in [1.54, 1.807) is 46.7 Å². The van der Waals surface area contributed by atoms with Gasteiger partial charge in [0.25, 0.3) is 5.44 Å². The van der Waals surface area contributed by atoms with Gasteiger partial charge in [0.2, 0.25) is 0 Å². The van der Waals surface area contributed by atoms with Crippen LogP contribution in [0.3, 0.4) is 0 Å².